The van der Waals surface area contributed by atoms with Gasteiger partial charge in [-0.3, -0.25) is 9.52 Å². The monoisotopic (exact) mass is 388 g/mol. The maximum atomic E-state index is 12.0. The summed E-state index contributed by atoms with van der Waals surface area (Å²) in [6.07, 6.45) is 0.965. The summed E-state index contributed by atoms with van der Waals surface area (Å²) >= 11 is 0. The molecule has 0 bridgehead atoms. The summed E-state index contributed by atoms with van der Waals surface area (Å²) in [7, 11) is -3.48. The molecule has 0 saturated heterocycles. The number of anilines is 1. The maximum Gasteiger partial charge on any atom is 0.234 e. The number of para-hydroxylation sites is 1. The third-order valence-corrected chi connectivity index (χ3v) is 5.49. The molecule has 2 rings (SSSR count). The number of benzene rings is 2. The minimum Gasteiger partial charge on any atom is -0.355 e. The number of nitrogens with one attached hydrogen (secondary N) is 2. The minimum absolute atomic E-state index is 0.0873. The van der Waals surface area contributed by atoms with Crippen molar-refractivity contribution in [2.24, 2.45) is 0 Å². The lowest BCUT2D eigenvalue weighted by Gasteiger charge is -2.19. The molecule has 6 heteroatoms. The van der Waals surface area contributed by atoms with Crippen molar-refractivity contribution in [2.45, 2.75) is 39.0 Å². The van der Waals surface area contributed by atoms with Crippen LogP contribution in [0.2, 0.25) is 0 Å². The molecule has 0 spiro atoms. The van der Waals surface area contributed by atoms with Gasteiger partial charge in [-0.15, -0.1) is 0 Å². The first-order chi connectivity index (χ1) is 12.7. The van der Waals surface area contributed by atoms with E-state index < -0.39 is 10.0 Å². The van der Waals surface area contributed by atoms with Crippen LogP contribution in [0.4, 0.5) is 5.69 Å². The third kappa shape index (κ3) is 7.43. The molecule has 2 aromatic carbocycles. The molecule has 1 amide bonds. The Hall–Kier alpha value is -2.34. The SMILES string of the molecule is CC(C)(C)c1ccc(CCC(=O)NCCS(=O)(=O)Nc2ccccc2)cc1. The zero-order chi connectivity index (χ0) is 19.9. The molecule has 0 aromatic heterocycles. The van der Waals surface area contributed by atoms with Crippen LogP contribution < -0.4 is 10.0 Å². The number of hydrogen-bond donors (Lipinski definition) is 2. The van der Waals surface area contributed by atoms with E-state index in [1.807, 2.05) is 18.2 Å². The van der Waals surface area contributed by atoms with Gasteiger partial charge in [0.2, 0.25) is 15.9 Å². The molecular formula is C21H28N2O3S. The van der Waals surface area contributed by atoms with Gasteiger partial charge in [-0.05, 0) is 35.1 Å². The van der Waals surface area contributed by atoms with E-state index in [-0.39, 0.29) is 23.6 Å². The fraction of sp³-hybridized carbons (Fsp3) is 0.381. The second kappa shape index (κ2) is 9.04. The Labute approximate surface area is 162 Å². The molecule has 0 aliphatic heterocycles. The summed E-state index contributed by atoms with van der Waals surface area (Å²) in [5.41, 5.74) is 2.97. The lowest BCUT2D eigenvalue weighted by molar-refractivity contribution is -0.120. The van der Waals surface area contributed by atoms with Crippen LogP contribution >= 0.6 is 0 Å². The van der Waals surface area contributed by atoms with Gasteiger partial charge in [0.1, 0.15) is 0 Å². The standard InChI is InChI=1S/C21H28N2O3S/c1-21(2,3)18-12-9-17(10-13-18)11-14-20(24)22-15-16-27(25,26)23-19-7-5-4-6-8-19/h4-10,12-13,23H,11,14-16H2,1-3H3,(H,22,24). The Balaban J connectivity index is 1.73. The zero-order valence-electron chi connectivity index (χ0n) is 16.2. The van der Waals surface area contributed by atoms with Crippen molar-refractivity contribution in [3.63, 3.8) is 0 Å². The minimum atomic E-state index is -3.48. The highest BCUT2D eigenvalue weighted by Crippen LogP contribution is 2.22. The zero-order valence-corrected chi connectivity index (χ0v) is 17.0. The Morgan fingerprint density at radius 1 is 0.963 bits per heavy atom. The molecular weight excluding hydrogens is 360 g/mol. The number of carbonyl (C=O) groups is 1. The highest BCUT2D eigenvalue weighted by Gasteiger charge is 2.13. The van der Waals surface area contributed by atoms with Gasteiger partial charge in [-0.25, -0.2) is 8.42 Å². The van der Waals surface area contributed by atoms with Gasteiger partial charge >= 0.3 is 0 Å². The van der Waals surface area contributed by atoms with E-state index in [1.54, 1.807) is 24.3 Å². The van der Waals surface area contributed by atoms with Crippen LogP contribution in [0.5, 0.6) is 0 Å². The molecule has 0 saturated carbocycles. The smallest absolute Gasteiger partial charge is 0.234 e. The maximum absolute atomic E-state index is 12.0. The van der Waals surface area contributed by atoms with Gasteiger partial charge in [-0.2, -0.15) is 0 Å². The van der Waals surface area contributed by atoms with Crippen LogP contribution in [0.25, 0.3) is 0 Å². The van der Waals surface area contributed by atoms with Crippen molar-refractivity contribution in [1.29, 1.82) is 0 Å². The van der Waals surface area contributed by atoms with Crippen LogP contribution in [0, 0.1) is 0 Å². The first-order valence-electron chi connectivity index (χ1n) is 9.07. The summed E-state index contributed by atoms with van der Waals surface area (Å²) in [4.78, 5) is 12.0. The van der Waals surface area contributed by atoms with Crippen molar-refractivity contribution in [3.05, 3.63) is 65.7 Å². The fourth-order valence-corrected chi connectivity index (χ4v) is 3.55. The van der Waals surface area contributed by atoms with E-state index in [9.17, 15) is 13.2 Å². The summed E-state index contributed by atoms with van der Waals surface area (Å²) in [5, 5.41) is 2.67. The molecule has 0 unspecified atom stereocenters. The van der Waals surface area contributed by atoms with Crippen molar-refractivity contribution in [3.8, 4) is 0 Å². The molecule has 2 aromatic rings. The Kier molecular flexibility index (Phi) is 7.02. The Morgan fingerprint density at radius 2 is 1.59 bits per heavy atom. The molecule has 146 valence electrons. The van der Waals surface area contributed by atoms with Gasteiger partial charge in [0.05, 0.1) is 5.75 Å². The predicted octanol–water partition coefficient (Wildman–Crippen LogP) is 3.47. The molecule has 0 fully saturated rings. The summed E-state index contributed by atoms with van der Waals surface area (Å²) in [6.45, 7) is 6.58. The van der Waals surface area contributed by atoms with Gasteiger partial charge in [0.25, 0.3) is 0 Å². The highest BCUT2D eigenvalue weighted by molar-refractivity contribution is 7.92. The molecule has 0 aliphatic rings. The number of amides is 1. The van der Waals surface area contributed by atoms with Crippen LogP contribution in [-0.2, 0) is 26.7 Å². The van der Waals surface area contributed by atoms with Crippen LogP contribution in [0.1, 0.15) is 38.3 Å². The van der Waals surface area contributed by atoms with E-state index in [2.05, 4.69) is 42.9 Å². The lowest BCUT2D eigenvalue weighted by atomic mass is 9.86. The van der Waals surface area contributed by atoms with E-state index in [4.69, 9.17) is 0 Å². The van der Waals surface area contributed by atoms with Gasteiger partial charge in [0.15, 0.2) is 0 Å². The van der Waals surface area contributed by atoms with Gasteiger partial charge in [-0.1, -0.05) is 63.2 Å². The molecule has 0 aliphatic carbocycles. The van der Waals surface area contributed by atoms with E-state index in [0.29, 0.717) is 18.5 Å². The molecule has 0 heterocycles. The second-order valence-electron chi connectivity index (χ2n) is 7.58. The summed E-state index contributed by atoms with van der Waals surface area (Å²) < 4.78 is 26.5. The number of rotatable bonds is 8. The fourth-order valence-electron chi connectivity index (χ4n) is 2.58. The summed E-state index contributed by atoms with van der Waals surface area (Å²) in [6, 6.07) is 17.0. The summed E-state index contributed by atoms with van der Waals surface area (Å²) in [5.74, 6) is -0.307. The lowest BCUT2D eigenvalue weighted by Crippen LogP contribution is -2.31. The molecule has 2 N–H and O–H groups in total. The largest absolute Gasteiger partial charge is 0.355 e. The molecule has 0 atom stereocenters. The van der Waals surface area contributed by atoms with Crippen molar-refractivity contribution >= 4 is 21.6 Å². The van der Waals surface area contributed by atoms with E-state index in [1.165, 1.54) is 5.56 Å². The van der Waals surface area contributed by atoms with Gasteiger partial charge < -0.3 is 5.32 Å². The number of sulfonamides is 1. The molecule has 5 nitrogen and oxygen atoms in total. The highest BCUT2D eigenvalue weighted by atomic mass is 32.2. The average molecular weight is 389 g/mol. The predicted molar refractivity (Wildman–Crippen MR) is 110 cm³/mol. The normalized spacial score (nSPS) is 11.8. The number of carbonyl (C=O) groups excluding carboxylic acids is 1. The van der Waals surface area contributed by atoms with Crippen molar-refractivity contribution < 1.29 is 13.2 Å². The molecule has 27 heavy (non-hydrogen) atoms. The average Bonchev–Trinajstić information content (AvgIpc) is 2.60. The van der Waals surface area contributed by atoms with Gasteiger partial charge in [0, 0.05) is 18.7 Å². The molecule has 0 radical (unpaired) electrons. The number of aryl methyl sites for hydroxylation is 1. The Morgan fingerprint density at radius 3 is 2.19 bits per heavy atom. The van der Waals surface area contributed by atoms with Crippen LogP contribution in [0.3, 0.4) is 0 Å². The first kappa shape index (κ1) is 21.0. The van der Waals surface area contributed by atoms with Crippen LogP contribution in [0.15, 0.2) is 54.6 Å². The van der Waals surface area contributed by atoms with Crippen molar-refractivity contribution in [2.75, 3.05) is 17.0 Å². The number of hydrogen-bond acceptors (Lipinski definition) is 3. The van der Waals surface area contributed by atoms with E-state index >= 15 is 0 Å². The van der Waals surface area contributed by atoms with E-state index in [0.717, 1.165) is 5.56 Å². The first-order valence-corrected chi connectivity index (χ1v) is 10.7. The quantitative estimate of drug-likeness (QED) is 0.727. The van der Waals surface area contributed by atoms with Crippen molar-refractivity contribution in [1.82, 2.24) is 5.32 Å². The second-order valence-corrected chi connectivity index (χ2v) is 9.43. The third-order valence-electron chi connectivity index (χ3n) is 4.20. The topological polar surface area (TPSA) is 75.3 Å². The van der Waals surface area contributed by atoms with Crippen LogP contribution in [-0.4, -0.2) is 26.6 Å². The Bertz CT molecular complexity index is 839.